The van der Waals surface area contributed by atoms with Crippen LogP contribution in [0.1, 0.15) is 24.8 Å². The summed E-state index contributed by atoms with van der Waals surface area (Å²) in [7, 11) is 3.14. The Morgan fingerprint density at radius 3 is 2.26 bits per heavy atom. The normalized spacial score (nSPS) is 22.3. The van der Waals surface area contributed by atoms with Crippen molar-refractivity contribution in [2.24, 2.45) is 5.92 Å². The second kappa shape index (κ2) is 10.3. The molecule has 3 N–H and O–H groups in total. The Labute approximate surface area is 161 Å². The highest BCUT2D eigenvalue weighted by atomic mass is 16.5. The lowest BCUT2D eigenvalue weighted by molar-refractivity contribution is -0.125. The quantitative estimate of drug-likeness (QED) is 0.620. The van der Waals surface area contributed by atoms with Crippen LogP contribution in [-0.2, 0) is 9.59 Å². The van der Waals surface area contributed by atoms with E-state index >= 15 is 0 Å². The van der Waals surface area contributed by atoms with E-state index in [4.69, 9.17) is 4.74 Å². The van der Waals surface area contributed by atoms with E-state index in [9.17, 15) is 14.7 Å². The van der Waals surface area contributed by atoms with Crippen LogP contribution in [-0.4, -0.2) is 67.8 Å². The molecule has 27 heavy (non-hydrogen) atoms. The molecule has 0 aromatic heterocycles. The van der Waals surface area contributed by atoms with E-state index in [-0.39, 0.29) is 36.9 Å². The van der Waals surface area contributed by atoms with E-state index in [0.717, 1.165) is 30.6 Å². The number of nitrogens with zero attached hydrogens (tertiary/aromatic N) is 1. The molecule has 2 rings (SSSR count). The van der Waals surface area contributed by atoms with Crippen molar-refractivity contribution in [2.45, 2.75) is 38.4 Å². The highest BCUT2D eigenvalue weighted by Gasteiger charge is 2.34. The number of rotatable bonds is 8. The van der Waals surface area contributed by atoms with Crippen molar-refractivity contribution in [2.75, 3.05) is 33.7 Å². The highest BCUT2D eigenvalue weighted by molar-refractivity contribution is 5.80. The van der Waals surface area contributed by atoms with Crippen LogP contribution >= 0.6 is 0 Å². The lowest BCUT2D eigenvalue weighted by Crippen LogP contribution is -2.49. The number of aliphatic hydroxyl groups excluding tert-OH is 1. The summed E-state index contributed by atoms with van der Waals surface area (Å²) >= 11 is 0. The van der Waals surface area contributed by atoms with Crippen molar-refractivity contribution >= 4 is 11.8 Å². The Hall–Kier alpha value is -2.12. The smallest absolute Gasteiger partial charge is 0.233 e. The molecule has 1 aromatic carbocycles. The standard InChI is InChI=1S/C20H31N3O4/c1-14-7-9-16(10-8-14)27-17-6-4-5-15(20(17)26)11-23(12-18(24)21-2)13-19(25)22-3/h7-10,15,17,20,26H,4-6,11-13H2,1-3H3,(H,21,24)(H,22,25)/t15-,17-,20-/m1/s1. The molecule has 1 aliphatic rings. The Kier molecular flexibility index (Phi) is 8.06. The van der Waals surface area contributed by atoms with Crippen molar-refractivity contribution in [3.05, 3.63) is 29.8 Å². The number of nitrogens with one attached hydrogen (secondary N) is 2. The summed E-state index contributed by atoms with van der Waals surface area (Å²) in [5.74, 6) is 0.384. The molecule has 1 fully saturated rings. The SMILES string of the molecule is CNC(=O)CN(CC(=O)NC)C[C@H]1CCC[C@@H](Oc2ccc(C)cc2)[C@@H]1O. The molecule has 1 saturated carbocycles. The maximum atomic E-state index is 11.8. The van der Waals surface area contributed by atoms with Gasteiger partial charge in [0.2, 0.25) is 11.8 Å². The van der Waals surface area contributed by atoms with Crippen LogP contribution in [0.2, 0.25) is 0 Å². The predicted octanol–water partition coefficient (Wildman–Crippen LogP) is 0.697. The maximum absolute atomic E-state index is 11.8. The third-order valence-electron chi connectivity index (χ3n) is 5.02. The molecule has 7 heteroatoms. The fraction of sp³-hybridized carbons (Fsp3) is 0.600. The summed E-state index contributed by atoms with van der Waals surface area (Å²) in [5, 5.41) is 16.0. The fourth-order valence-corrected chi connectivity index (χ4v) is 3.43. The van der Waals surface area contributed by atoms with Gasteiger partial charge in [-0.1, -0.05) is 17.7 Å². The molecule has 150 valence electrons. The molecule has 0 heterocycles. The minimum absolute atomic E-state index is 0.0523. The Bertz CT molecular complexity index is 602. The van der Waals surface area contributed by atoms with Crippen LogP contribution in [0.3, 0.4) is 0 Å². The second-order valence-electron chi connectivity index (χ2n) is 7.17. The fourth-order valence-electron chi connectivity index (χ4n) is 3.43. The van der Waals surface area contributed by atoms with Crippen LogP contribution in [0.15, 0.2) is 24.3 Å². The van der Waals surface area contributed by atoms with E-state index in [1.165, 1.54) is 0 Å². The van der Waals surface area contributed by atoms with Crippen LogP contribution in [0, 0.1) is 12.8 Å². The van der Waals surface area contributed by atoms with Gasteiger partial charge in [-0.15, -0.1) is 0 Å². The van der Waals surface area contributed by atoms with Crippen molar-refractivity contribution < 1.29 is 19.4 Å². The predicted molar refractivity (Wildman–Crippen MR) is 104 cm³/mol. The van der Waals surface area contributed by atoms with E-state index in [2.05, 4.69) is 10.6 Å². The molecular weight excluding hydrogens is 346 g/mol. The van der Waals surface area contributed by atoms with Gasteiger partial charge >= 0.3 is 0 Å². The minimum Gasteiger partial charge on any atom is -0.488 e. The number of likely N-dealkylation sites (N-methyl/N-ethyl adjacent to an activating group) is 2. The first-order chi connectivity index (χ1) is 12.9. The molecule has 3 atom stereocenters. The largest absolute Gasteiger partial charge is 0.488 e. The van der Waals surface area contributed by atoms with E-state index in [1.807, 2.05) is 31.2 Å². The monoisotopic (exact) mass is 377 g/mol. The first-order valence-electron chi connectivity index (χ1n) is 9.47. The van der Waals surface area contributed by atoms with Gasteiger partial charge in [-0.2, -0.15) is 0 Å². The molecule has 1 aromatic rings. The van der Waals surface area contributed by atoms with Gasteiger partial charge in [-0.05, 0) is 38.3 Å². The molecule has 7 nitrogen and oxygen atoms in total. The number of benzene rings is 1. The molecule has 0 spiro atoms. The van der Waals surface area contributed by atoms with Gasteiger partial charge in [-0.25, -0.2) is 0 Å². The zero-order valence-electron chi connectivity index (χ0n) is 16.4. The van der Waals surface area contributed by atoms with Crippen molar-refractivity contribution in [3.63, 3.8) is 0 Å². The zero-order valence-corrected chi connectivity index (χ0v) is 16.4. The topological polar surface area (TPSA) is 90.9 Å². The molecule has 0 unspecified atom stereocenters. The van der Waals surface area contributed by atoms with Crippen LogP contribution < -0.4 is 15.4 Å². The van der Waals surface area contributed by atoms with Crippen molar-refractivity contribution in [3.8, 4) is 5.75 Å². The number of carbonyl (C=O) groups is 2. The summed E-state index contributed by atoms with van der Waals surface area (Å²) < 4.78 is 6.01. The summed E-state index contributed by atoms with van der Waals surface area (Å²) in [5.41, 5.74) is 1.16. The van der Waals surface area contributed by atoms with Gasteiger partial charge in [0.25, 0.3) is 0 Å². The summed E-state index contributed by atoms with van der Waals surface area (Å²) in [6, 6.07) is 7.79. The first-order valence-corrected chi connectivity index (χ1v) is 9.47. The lowest BCUT2D eigenvalue weighted by atomic mass is 9.84. The number of hydrogen-bond donors (Lipinski definition) is 3. The van der Waals surface area contributed by atoms with Crippen LogP contribution in [0.5, 0.6) is 5.75 Å². The lowest BCUT2D eigenvalue weighted by Gasteiger charge is -2.37. The molecular formula is C20H31N3O4. The molecule has 0 aliphatic heterocycles. The average Bonchev–Trinajstić information content (AvgIpc) is 2.66. The molecule has 0 saturated heterocycles. The number of carbonyl (C=O) groups excluding carboxylic acids is 2. The van der Waals surface area contributed by atoms with E-state index in [1.54, 1.807) is 19.0 Å². The Balaban J connectivity index is 2.00. The maximum Gasteiger partial charge on any atom is 0.233 e. The molecule has 0 radical (unpaired) electrons. The number of aryl methyl sites for hydroxylation is 1. The summed E-state index contributed by atoms with van der Waals surface area (Å²) in [6.07, 6.45) is 1.64. The van der Waals surface area contributed by atoms with Gasteiger partial charge in [0.05, 0.1) is 19.2 Å². The third-order valence-corrected chi connectivity index (χ3v) is 5.02. The Morgan fingerprint density at radius 2 is 1.70 bits per heavy atom. The van der Waals surface area contributed by atoms with Gasteiger partial charge < -0.3 is 20.5 Å². The van der Waals surface area contributed by atoms with Gasteiger partial charge in [0.1, 0.15) is 11.9 Å². The number of ether oxygens (including phenoxy) is 1. The zero-order chi connectivity index (χ0) is 19.8. The third kappa shape index (κ3) is 6.52. The number of amides is 2. The average molecular weight is 377 g/mol. The number of hydrogen-bond acceptors (Lipinski definition) is 5. The first kappa shape index (κ1) is 21.2. The van der Waals surface area contributed by atoms with Gasteiger partial charge in [-0.3, -0.25) is 14.5 Å². The highest BCUT2D eigenvalue weighted by Crippen LogP contribution is 2.29. The van der Waals surface area contributed by atoms with Crippen molar-refractivity contribution in [1.29, 1.82) is 0 Å². The van der Waals surface area contributed by atoms with E-state index < -0.39 is 6.10 Å². The second-order valence-corrected chi connectivity index (χ2v) is 7.17. The van der Waals surface area contributed by atoms with Crippen LogP contribution in [0.4, 0.5) is 0 Å². The van der Waals surface area contributed by atoms with Crippen LogP contribution in [0.25, 0.3) is 0 Å². The van der Waals surface area contributed by atoms with Gasteiger partial charge in [0, 0.05) is 26.6 Å². The Morgan fingerprint density at radius 1 is 1.11 bits per heavy atom. The van der Waals surface area contributed by atoms with Gasteiger partial charge in [0.15, 0.2) is 0 Å². The minimum atomic E-state index is -0.642. The summed E-state index contributed by atoms with van der Waals surface area (Å²) in [6.45, 7) is 2.73. The molecule has 1 aliphatic carbocycles. The molecule has 0 bridgehead atoms. The van der Waals surface area contributed by atoms with Crippen molar-refractivity contribution in [1.82, 2.24) is 15.5 Å². The summed E-state index contributed by atoms with van der Waals surface area (Å²) in [4.78, 5) is 25.3. The van der Waals surface area contributed by atoms with E-state index in [0.29, 0.717) is 6.54 Å². The molecule has 2 amide bonds. The number of aliphatic hydroxyl groups is 1.